The molecule has 23 heteroatoms. The van der Waals surface area contributed by atoms with Crippen LogP contribution in [0.25, 0.3) is 0 Å². The van der Waals surface area contributed by atoms with Crippen molar-refractivity contribution in [2.75, 3.05) is 19.8 Å². The molecule has 2 aliphatic heterocycles. The van der Waals surface area contributed by atoms with E-state index in [1.54, 1.807) is 12.1 Å². The summed E-state index contributed by atoms with van der Waals surface area (Å²) >= 11 is 0. The molecule has 3 rings (SSSR count). The maximum atomic E-state index is 11.2. The van der Waals surface area contributed by atoms with Crippen molar-refractivity contribution in [1.82, 2.24) is 5.32 Å². The number of nitrogens with one attached hydrogen (secondary N) is 1. The van der Waals surface area contributed by atoms with Crippen LogP contribution in [0.1, 0.15) is 44.9 Å². The molecule has 1 aromatic rings. The first-order chi connectivity index (χ1) is 22.9. The van der Waals surface area contributed by atoms with E-state index in [2.05, 4.69) is 5.32 Å². The molecule has 0 amide bonds. The van der Waals surface area contributed by atoms with Gasteiger partial charge in [-0.25, -0.2) is 4.79 Å². The van der Waals surface area contributed by atoms with E-state index in [1.165, 1.54) is 13.0 Å². The Morgan fingerprint density at radius 1 is 0.863 bits per heavy atom. The van der Waals surface area contributed by atoms with Gasteiger partial charge in [0.2, 0.25) is 0 Å². The van der Waals surface area contributed by atoms with E-state index in [0.717, 1.165) is 0 Å². The van der Waals surface area contributed by atoms with E-state index in [-0.39, 0.29) is 55.6 Å². The molecule has 1 aromatic carbocycles. The first-order valence-corrected chi connectivity index (χ1v) is 16.4. The van der Waals surface area contributed by atoms with Gasteiger partial charge in [0.05, 0.1) is 19.3 Å². The Morgan fingerprint density at radius 3 is 1.67 bits per heavy atom. The number of rotatable bonds is 10. The third-order valence-corrected chi connectivity index (χ3v) is 6.99. The molecule has 0 spiro atoms. The number of benzene rings is 1. The molecule has 2 saturated heterocycles. The summed E-state index contributed by atoms with van der Waals surface area (Å²) in [6.45, 7) is 6.16. The van der Waals surface area contributed by atoms with Gasteiger partial charge in [-0.1, -0.05) is 6.07 Å². The molecule has 296 valence electrons. The van der Waals surface area contributed by atoms with E-state index in [9.17, 15) is 45.6 Å². The quantitative estimate of drug-likeness (QED) is 0.0596. The second-order valence-electron chi connectivity index (χ2n) is 12.3. The van der Waals surface area contributed by atoms with Crippen LogP contribution in [-0.4, -0.2) is 210 Å². The van der Waals surface area contributed by atoms with Crippen LogP contribution in [0.2, 0.25) is 0 Å². The summed E-state index contributed by atoms with van der Waals surface area (Å²) in [4.78, 5) is 11.2. The van der Waals surface area contributed by atoms with Crippen molar-refractivity contribution in [3.05, 3.63) is 29.3 Å². The van der Waals surface area contributed by atoms with Crippen molar-refractivity contribution in [2.24, 2.45) is 0 Å². The number of aliphatic hydroxyl groups is 10. The Labute approximate surface area is 323 Å². The summed E-state index contributed by atoms with van der Waals surface area (Å²) in [5.41, 5.74) is 0.868. The molecule has 2 fully saturated rings. The van der Waals surface area contributed by atoms with Crippen LogP contribution in [0.15, 0.2) is 18.2 Å². The van der Waals surface area contributed by atoms with Gasteiger partial charge in [0.25, 0.3) is 0 Å². The Morgan fingerprint density at radius 2 is 1.29 bits per heavy atom. The van der Waals surface area contributed by atoms with E-state index in [1.807, 2.05) is 20.8 Å². The third-order valence-electron chi connectivity index (χ3n) is 6.99. The minimum absolute atomic E-state index is 0. The van der Waals surface area contributed by atoms with Gasteiger partial charge < -0.3 is 80.4 Å². The van der Waals surface area contributed by atoms with Gasteiger partial charge in [0.1, 0.15) is 67.3 Å². The van der Waals surface area contributed by atoms with Crippen molar-refractivity contribution < 1.29 is 97.4 Å². The number of phenols is 1. The number of carbonyl (C=O) groups is 1. The molecule has 21 nitrogen and oxygen atoms in total. The zero-order valence-electron chi connectivity index (χ0n) is 27.6. The number of ether oxygens (including phenoxy) is 4. The van der Waals surface area contributed by atoms with Crippen molar-refractivity contribution in [3.8, 4) is 5.75 Å². The zero-order chi connectivity index (χ0) is 38.7. The van der Waals surface area contributed by atoms with Crippen LogP contribution in [-0.2, 0) is 40.7 Å². The van der Waals surface area contributed by atoms with Crippen LogP contribution in [0.3, 0.4) is 0 Å². The summed E-state index contributed by atoms with van der Waals surface area (Å²) in [6.07, 6.45) is -17.6. The molecule has 0 saturated carbocycles. The summed E-state index contributed by atoms with van der Waals surface area (Å²) < 4.78 is 51.8. The molecule has 0 aromatic heterocycles. The monoisotopic (exact) mass is 793 g/mol. The summed E-state index contributed by atoms with van der Waals surface area (Å²) in [5, 5.41) is 109. The van der Waals surface area contributed by atoms with Gasteiger partial charge >= 0.3 is 54.1 Å². The molecule has 0 radical (unpaired) electrons. The SMILES string of the molecule is CC(O)C(=O)OCc1cc(C(O)CNC(C)(C)C)ccc1O.O=S(=O)(O)O.OC[C@H]1O[C@H](O[C@H]2O[C@H](CO)[C@@H](O)[C@H](O)[C@H]2O)[C@H](O)[C@@H](O)[C@@H]1O.[CaH2]. The Hall–Kier alpha value is -0.940. The van der Waals surface area contributed by atoms with E-state index in [4.69, 9.17) is 51.8 Å². The summed E-state index contributed by atoms with van der Waals surface area (Å²) in [6, 6.07) is 4.64. The molecular weight excluding hydrogens is 742 g/mol. The molecule has 14 N–H and O–H groups in total. The van der Waals surface area contributed by atoms with E-state index in [0.29, 0.717) is 17.7 Å². The molecule has 2 unspecified atom stereocenters. The fourth-order valence-electron chi connectivity index (χ4n) is 4.21. The average molecular weight is 794 g/mol. The van der Waals surface area contributed by atoms with Crippen LogP contribution < -0.4 is 5.32 Å². The number of hydrogen-bond donors (Lipinski definition) is 14. The molecule has 12 atom stereocenters. The van der Waals surface area contributed by atoms with Gasteiger partial charge in [0, 0.05) is 17.6 Å². The first kappa shape index (κ1) is 50.1. The summed E-state index contributed by atoms with van der Waals surface area (Å²) in [7, 11) is -4.67. The second kappa shape index (κ2) is 22.4. The molecule has 51 heavy (non-hydrogen) atoms. The standard InChI is InChI=1S/C16H25NO5.C12H22O11.Ca.H2O4S.2H/c1-10(18)15(21)22-9-12-7-11(5-6-13(12)19)14(20)8-17-16(2,3)4;13-1-3-5(15)7(17)9(19)11(21-3)23-12-10(20)8(18)6(16)4(2-14)22-12;;1-5(2,3)4;;/h5-7,10,14,17-20H,8-9H2,1-4H3;3-20H,1-2H2;;(H2,1,2,3,4);;/t;3-,4-,5-,6-,7+,8+,9-,10-,11-,12-;;;;/m.1..../s1. The average Bonchev–Trinajstić information content (AvgIpc) is 3.02. The number of phenolic OH excluding ortho intramolecular Hbond substituents is 1. The topological polar surface area (TPSA) is 363 Å². The van der Waals surface area contributed by atoms with Crippen molar-refractivity contribution in [1.29, 1.82) is 0 Å². The molecular formula is C28H51CaNO20S. The molecule has 2 aliphatic rings. The van der Waals surface area contributed by atoms with Crippen LogP contribution in [0, 0.1) is 0 Å². The van der Waals surface area contributed by atoms with Crippen LogP contribution in [0.5, 0.6) is 5.75 Å². The number of hydrogen-bond acceptors (Lipinski definition) is 19. The maximum absolute atomic E-state index is 11.2. The van der Waals surface area contributed by atoms with Crippen molar-refractivity contribution in [2.45, 2.75) is 113 Å². The number of aliphatic hydroxyl groups excluding tert-OH is 10. The predicted octanol–water partition coefficient (Wildman–Crippen LogP) is -5.73. The normalized spacial score (nSPS) is 30.7. The number of aromatic hydroxyl groups is 1. The van der Waals surface area contributed by atoms with Crippen LogP contribution >= 0.6 is 0 Å². The fourth-order valence-corrected chi connectivity index (χ4v) is 4.21. The Kier molecular flexibility index (Phi) is 22.0. The van der Waals surface area contributed by atoms with E-state index < -0.39 is 103 Å². The Bertz CT molecular complexity index is 1240. The molecule has 2 heterocycles. The second-order valence-corrected chi connectivity index (χ2v) is 13.2. The molecule has 0 aliphatic carbocycles. The van der Waals surface area contributed by atoms with E-state index >= 15 is 0 Å². The minimum atomic E-state index is -4.67. The van der Waals surface area contributed by atoms with Gasteiger partial charge in [0.15, 0.2) is 12.6 Å². The number of β-amino-alcohol motifs (C(OH)–C–C–N with tert-alkyl or cyclic N) is 1. The van der Waals surface area contributed by atoms with Crippen molar-refractivity contribution in [3.63, 3.8) is 0 Å². The molecule has 0 bridgehead atoms. The fraction of sp³-hybridized carbons (Fsp3) is 0.750. The predicted molar refractivity (Wildman–Crippen MR) is 174 cm³/mol. The Balaban J connectivity index is 0.000000851. The summed E-state index contributed by atoms with van der Waals surface area (Å²) in [5.74, 6) is -0.794. The van der Waals surface area contributed by atoms with Gasteiger partial charge in [-0.3, -0.25) is 9.11 Å². The van der Waals surface area contributed by atoms with Gasteiger partial charge in [-0.15, -0.1) is 0 Å². The van der Waals surface area contributed by atoms with Crippen molar-refractivity contribution >= 4 is 54.1 Å². The van der Waals surface area contributed by atoms with Gasteiger partial charge in [-0.05, 0) is 45.4 Å². The first-order valence-electron chi connectivity index (χ1n) is 15.0. The number of carbonyl (C=O) groups excluding carboxylic acids is 1. The van der Waals surface area contributed by atoms with Crippen LogP contribution in [0.4, 0.5) is 0 Å². The third kappa shape index (κ3) is 17.4. The van der Waals surface area contributed by atoms with Gasteiger partial charge in [-0.2, -0.15) is 8.42 Å². The zero-order valence-corrected chi connectivity index (χ0v) is 28.4. The number of esters is 1.